The van der Waals surface area contributed by atoms with Crippen LogP contribution in [0.3, 0.4) is 0 Å². The summed E-state index contributed by atoms with van der Waals surface area (Å²) in [6.07, 6.45) is 5.38. The van der Waals surface area contributed by atoms with Gasteiger partial charge in [-0.15, -0.1) is 0 Å². The minimum absolute atomic E-state index is 0.165. The zero-order chi connectivity index (χ0) is 14.7. The molecule has 1 N–H and O–H groups in total. The minimum Gasteiger partial charge on any atom is -0.493 e. The van der Waals surface area contributed by atoms with Gasteiger partial charge >= 0.3 is 5.97 Å². The van der Waals surface area contributed by atoms with Crippen molar-refractivity contribution < 1.29 is 19.4 Å². The number of aliphatic carboxylic acids is 1. The van der Waals surface area contributed by atoms with E-state index in [4.69, 9.17) is 14.6 Å². The van der Waals surface area contributed by atoms with Crippen LogP contribution in [-0.4, -0.2) is 30.4 Å². The molecule has 0 amide bonds. The third-order valence-electron chi connectivity index (χ3n) is 4.52. The van der Waals surface area contributed by atoms with Crippen LogP contribution >= 0.6 is 0 Å². The highest BCUT2D eigenvalue weighted by Gasteiger charge is 2.26. The fraction of sp³-hybridized carbons (Fsp3) is 0.588. The minimum atomic E-state index is -0.659. The van der Waals surface area contributed by atoms with Crippen LogP contribution < -0.4 is 4.74 Å². The summed E-state index contributed by atoms with van der Waals surface area (Å²) in [5.41, 5.74) is 2.59. The van der Waals surface area contributed by atoms with E-state index in [0.29, 0.717) is 6.61 Å². The summed E-state index contributed by atoms with van der Waals surface area (Å²) in [6.45, 7) is 1.50. The molecule has 0 saturated heterocycles. The Morgan fingerprint density at radius 3 is 2.86 bits per heavy atom. The van der Waals surface area contributed by atoms with Gasteiger partial charge in [0.1, 0.15) is 5.75 Å². The Morgan fingerprint density at radius 2 is 2.10 bits per heavy atom. The highest BCUT2D eigenvalue weighted by Crippen LogP contribution is 2.28. The first kappa shape index (κ1) is 14.4. The van der Waals surface area contributed by atoms with Gasteiger partial charge in [-0.3, -0.25) is 4.79 Å². The fourth-order valence-electron chi connectivity index (χ4n) is 3.22. The molecule has 0 bridgehead atoms. The Kier molecular flexibility index (Phi) is 4.44. The predicted molar refractivity (Wildman–Crippen MR) is 78.7 cm³/mol. The summed E-state index contributed by atoms with van der Waals surface area (Å²) in [5.74, 6) is 0.196. The van der Waals surface area contributed by atoms with Crippen molar-refractivity contribution in [1.82, 2.24) is 0 Å². The van der Waals surface area contributed by atoms with E-state index in [1.54, 1.807) is 0 Å². The monoisotopic (exact) mass is 290 g/mol. The molecule has 0 atom stereocenters. The van der Waals surface area contributed by atoms with Crippen LogP contribution in [0.1, 0.15) is 36.8 Å². The lowest BCUT2D eigenvalue weighted by Crippen LogP contribution is -2.26. The maximum Gasteiger partial charge on any atom is 0.306 e. The number of carboxylic acid groups (broad SMARTS) is 1. The summed E-state index contributed by atoms with van der Waals surface area (Å²) < 4.78 is 11.4. The van der Waals surface area contributed by atoms with Crippen molar-refractivity contribution in [2.75, 3.05) is 13.2 Å². The summed E-state index contributed by atoms with van der Waals surface area (Å²) in [5, 5.41) is 8.98. The van der Waals surface area contributed by atoms with E-state index in [1.807, 2.05) is 0 Å². The second-order valence-corrected chi connectivity index (χ2v) is 5.97. The Balaban J connectivity index is 1.41. The highest BCUT2D eigenvalue weighted by atomic mass is 16.5. The molecular weight excluding hydrogens is 268 g/mol. The van der Waals surface area contributed by atoms with Crippen LogP contribution in [0.15, 0.2) is 18.2 Å². The quantitative estimate of drug-likeness (QED) is 0.906. The number of carbonyl (C=O) groups is 1. The maximum absolute atomic E-state index is 10.9. The number of benzene rings is 1. The van der Waals surface area contributed by atoms with E-state index < -0.39 is 5.97 Å². The van der Waals surface area contributed by atoms with Gasteiger partial charge in [0.05, 0.1) is 25.2 Å². The smallest absolute Gasteiger partial charge is 0.306 e. The SMILES string of the molecule is O=C(O)C1CCC(OCCc2ccc3c(c2)CCO3)CC1. The van der Waals surface area contributed by atoms with Crippen molar-refractivity contribution in [2.45, 2.75) is 44.6 Å². The summed E-state index contributed by atoms with van der Waals surface area (Å²) in [7, 11) is 0. The third-order valence-corrected chi connectivity index (χ3v) is 4.52. The lowest BCUT2D eigenvalue weighted by molar-refractivity contribution is -0.143. The van der Waals surface area contributed by atoms with Crippen LogP contribution in [0, 0.1) is 5.92 Å². The van der Waals surface area contributed by atoms with Crippen molar-refractivity contribution >= 4 is 5.97 Å². The zero-order valence-corrected chi connectivity index (χ0v) is 12.2. The molecule has 4 heteroatoms. The molecule has 1 aromatic carbocycles. The van der Waals surface area contributed by atoms with Gasteiger partial charge in [-0.2, -0.15) is 0 Å². The fourth-order valence-corrected chi connectivity index (χ4v) is 3.22. The topological polar surface area (TPSA) is 55.8 Å². The van der Waals surface area contributed by atoms with Gasteiger partial charge in [0.15, 0.2) is 0 Å². The Bertz CT molecular complexity index is 504. The molecule has 114 valence electrons. The van der Waals surface area contributed by atoms with Crippen molar-refractivity contribution in [3.63, 3.8) is 0 Å². The largest absolute Gasteiger partial charge is 0.493 e. The van der Waals surface area contributed by atoms with Gasteiger partial charge < -0.3 is 14.6 Å². The lowest BCUT2D eigenvalue weighted by atomic mass is 9.87. The Labute approximate surface area is 125 Å². The molecule has 2 aliphatic rings. The zero-order valence-electron chi connectivity index (χ0n) is 12.2. The molecule has 0 aromatic heterocycles. The summed E-state index contributed by atoms with van der Waals surface area (Å²) >= 11 is 0. The first-order chi connectivity index (χ1) is 10.2. The second-order valence-electron chi connectivity index (χ2n) is 5.97. The molecule has 0 unspecified atom stereocenters. The molecule has 21 heavy (non-hydrogen) atoms. The number of fused-ring (bicyclic) bond motifs is 1. The van der Waals surface area contributed by atoms with E-state index in [2.05, 4.69) is 18.2 Å². The van der Waals surface area contributed by atoms with E-state index in [-0.39, 0.29) is 12.0 Å². The molecule has 0 radical (unpaired) electrons. The molecular formula is C17H22O4. The standard InChI is InChI=1S/C17H22O4/c18-17(19)13-2-4-15(5-3-13)20-9-7-12-1-6-16-14(11-12)8-10-21-16/h1,6,11,13,15H,2-5,7-10H2,(H,18,19). The molecule has 1 aliphatic heterocycles. The average molecular weight is 290 g/mol. The van der Waals surface area contributed by atoms with Crippen molar-refractivity contribution in [3.05, 3.63) is 29.3 Å². The van der Waals surface area contributed by atoms with Gasteiger partial charge in [-0.25, -0.2) is 0 Å². The van der Waals surface area contributed by atoms with Crippen LogP contribution in [0.25, 0.3) is 0 Å². The molecule has 3 rings (SSSR count). The third kappa shape index (κ3) is 3.56. The molecule has 0 spiro atoms. The van der Waals surface area contributed by atoms with E-state index in [0.717, 1.165) is 50.9 Å². The van der Waals surface area contributed by atoms with Gasteiger partial charge in [0.25, 0.3) is 0 Å². The first-order valence-electron chi connectivity index (χ1n) is 7.81. The highest BCUT2D eigenvalue weighted by molar-refractivity contribution is 5.70. The number of ether oxygens (including phenoxy) is 2. The van der Waals surface area contributed by atoms with Crippen LogP contribution in [-0.2, 0) is 22.4 Å². The molecule has 1 fully saturated rings. The molecule has 1 heterocycles. The van der Waals surface area contributed by atoms with E-state index >= 15 is 0 Å². The van der Waals surface area contributed by atoms with Gasteiger partial charge in [-0.1, -0.05) is 12.1 Å². The van der Waals surface area contributed by atoms with E-state index in [9.17, 15) is 4.79 Å². The second kappa shape index (κ2) is 6.48. The summed E-state index contributed by atoms with van der Waals surface area (Å²) in [4.78, 5) is 10.9. The summed E-state index contributed by atoms with van der Waals surface area (Å²) in [6, 6.07) is 6.37. The normalized spacial score (nSPS) is 24.4. The van der Waals surface area contributed by atoms with Crippen LogP contribution in [0.4, 0.5) is 0 Å². The van der Waals surface area contributed by atoms with Crippen LogP contribution in [0.2, 0.25) is 0 Å². The van der Waals surface area contributed by atoms with Gasteiger partial charge in [-0.05, 0) is 49.3 Å². The molecule has 1 aromatic rings. The first-order valence-corrected chi connectivity index (χ1v) is 7.81. The average Bonchev–Trinajstić information content (AvgIpc) is 2.95. The molecule has 1 saturated carbocycles. The molecule has 1 aliphatic carbocycles. The van der Waals surface area contributed by atoms with Crippen molar-refractivity contribution in [1.29, 1.82) is 0 Å². The van der Waals surface area contributed by atoms with Gasteiger partial charge in [0.2, 0.25) is 0 Å². The lowest BCUT2D eigenvalue weighted by Gasteiger charge is -2.26. The molecule has 4 nitrogen and oxygen atoms in total. The number of hydrogen-bond donors (Lipinski definition) is 1. The predicted octanol–water partition coefficient (Wildman–Crippen LogP) is 2.82. The van der Waals surface area contributed by atoms with Crippen LogP contribution in [0.5, 0.6) is 5.75 Å². The Hall–Kier alpha value is -1.55. The van der Waals surface area contributed by atoms with Gasteiger partial charge in [0, 0.05) is 6.42 Å². The Morgan fingerprint density at radius 1 is 1.29 bits per heavy atom. The van der Waals surface area contributed by atoms with Crippen molar-refractivity contribution in [3.8, 4) is 5.75 Å². The maximum atomic E-state index is 10.9. The van der Waals surface area contributed by atoms with E-state index in [1.165, 1.54) is 11.1 Å². The number of hydrogen-bond acceptors (Lipinski definition) is 3. The number of rotatable bonds is 5. The number of carboxylic acids is 1. The van der Waals surface area contributed by atoms with Crippen molar-refractivity contribution in [2.24, 2.45) is 5.92 Å².